The summed E-state index contributed by atoms with van der Waals surface area (Å²) in [4.78, 5) is 18.6. The summed E-state index contributed by atoms with van der Waals surface area (Å²) in [6, 6.07) is 13.5. The van der Waals surface area contributed by atoms with E-state index in [1.165, 1.54) is 28.8 Å². The molecule has 0 aliphatic heterocycles. The normalized spacial score (nSPS) is 13.9. The van der Waals surface area contributed by atoms with Crippen LogP contribution < -0.4 is 10.6 Å². The molecule has 4 aromatic rings. The van der Waals surface area contributed by atoms with E-state index in [4.69, 9.17) is 4.42 Å². The number of rotatable bonds is 6. The maximum Gasteiger partial charge on any atom is 0.291 e. The molecule has 0 saturated heterocycles. The van der Waals surface area contributed by atoms with Crippen molar-refractivity contribution in [2.75, 3.05) is 10.6 Å². The Labute approximate surface area is 195 Å². The van der Waals surface area contributed by atoms with Crippen LogP contribution in [-0.4, -0.2) is 10.9 Å². The Hall–Kier alpha value is -3.45. The molecule has 2 N–H and O–H groups in total. The highest BCUT2D eigenvalue weighted by Crippen LogP contribution is 2.44. The minimum Gasteiger partial charge on any atom is -0.459 e. The van der Waals surface area contributed by atoms with Gasteiger partial charge in [0.05, 0.1) is 12.3 Å². The molecule has 3 aromatic heterocycles. The Kier molecular flexibility index (Phi) is 5.96. The van der Waals surface area contributed by atoms with Gasteiger partial charge in [-0.15, -0.1) is 11.3 Å². The van der Waals surface area contributed by atoms with Crippen LogP contribution in [-0.2, 0) is 12.8 Å². The number of nitrogens with one attached hydrogen (secondary N) is 2. The fourth-order valence-corrected chi connectivity index (χ4v) is 5.62. The second-order valence-corrected chi connectivity index (χ2v) is 9.34. The van der Waals surface area contributed by atoms with E-state index >= 15 is 0 Å². The van der Waals surface area contributed by atoms with Crippen molar-refractivity contribution in [2.24, 2.45) is 0 Å². The number of hydrogen-bond donors (Lipinski definition) is 2. The summed E-state index contributed by atoms with van der Waals surface area (Å²) in [5.41, 5.74) is 4.27. The molecule has 3 heterocycles. The first kappa shape index (κ1) is 21.4. The van der Waals surface area contributed by atoms with Gasteiger partial charge in [-0.05, 0) is 85.7 Å². The quantitative estimate of drug-likeness (QED) is 0.343. The van der Waals surface area contributed by atoms with E-state index < -0.39 is 0 Å². The lowest BCUT2D eigenvalue weighted by Gasteiger charge is -2.24. The van der Waals surface area contributed by atoms with E-state index in [2.05, 4.69) is 15.6 Å². The van der Waals surface area contributed by atoms with Crippen LogP contribution in [0.5, 0.6) is 0 Å². The zero-order valence-electron chi connectivity index (χ0n) is 18.2. The number of nitrogens with zero attached hydrogens (tertiary/aromatic N) is 1. The Morgan fingerprint density at radius 2 is 1.97 bits per heavy atom. The Morgan fingerprint density at radius 1 is 1.15 bits per heavy atom. The molecule has 1 aliphatic rings. The summed E-state index contributed by atoms with van der Waals surface area (Å²) in [6.45, 7) is 2.02. The van der Waals surface area contributed by atoms with Gasteiger partial charge in [-0.3, -0.25) is 4.79 Å². The van der Waals surface area contributed by atoms with Crippen LogP contribution >= 0.6 is 11.3 Å². The van der Waals surface area contributed by atoms with Crippen LogP contribution in [0.1, 0.15) is 56.6 Å². The molecule has 1 atom stereocenters. The van der Waals surface area contributed by atoms with Crippen molar-refractivity contribution in [3.8, 4) is 0 Å². The molecular formula is C26H24FN3O2S. The second-order valence-electron chi connectivity index (χ2n) is 8.23. The van der Waals surface area contributed by atoms with Gasteiger partial charge in [0.25, 0.3) is 5.91 Å². The maximum atomic E-state index is 13.8. The Bertz CT molecular complexity index is 1270. The van der Waals surface area contributed by atoms with Crippen LogP contribution in [0.3, 0.4) is 0 Å². The van der Waals surface area contributed by atoms with Crippen molar-refractivity contribution in [1.29, 1.82) is 0 Å². The third kappa shape index (κ3) is 4.54. The molecule has 0 radical (unpaired) electrons. The average molecular weight is 462 g/mol. The zero-order chi connectivity index (χ0) is 22.8. The molecular weight excluding hydrogens is 437 g/mol. The first-order chi connectivity index (χ1) is 16.1. The van der Waals surface area contributed by atoms with Gasteiger partial charge < -0.3 is 15.1 Å². The molecule has 0 bridgehead atoms. The molecule has 168 valence electrons. The Morgan fingerprint density at radius 3 is 2.73 bits per heavy atom. The molecule has 0 saturated carbocycles. The number of benzene rings is 1. The maximum absolute atomic E-state index is 13.8. The molecule has 0 spiro atoms. The number of anilines is 2. The van der Waals surface area contributed by atoms with E-state index in [1.807, 2.05) is 19.1 Å². The van der Waals surface area contributed by atoms with E-state index in [-0.39, 0.29) is 23.5 Å². The van der Waals surface area contributed by atoms with Crippen LogP contribution in [0.4, 0.5) is 15.2 Å². The highest BCUT2D eigenvalue weighted by molar-refractivity contribution is 7.16. The number of fused-ring (bicyclic) bond motifs is 1. The van der Waals surface area contributed by atoms with Crippen molar-refractivity contribution >= 4 is 28.1 Å². The van der Waals surface area contributed by atoms with Crippen LogP contribution in [0.15, 0.2) is 65.4 Å². The number of aromatic nitrogens is 1. The van der Waals surface area contributed by atoms with E-state index in [0.29, 0.717) is 0 Å². The summed E-state index contributed by atoms with van der Waals surface area (Å²) in [6.07, 6.45) is 7.41. The number of hydrogen-bond acceptors (Lipinski definition) is 5. The standard InChI is InChI=1S/C26H24FN3O2S/c1-16-12-13-28-22(15-16)29-24(17-8-10-18(27)11-9-17)23-19-5-2-3-7-21(19)33-26(23)30-25(31)20-6-4-14-32-20/h4,6,8-15,24H,2-3,5,7H2,1H3,(H,28,29)(H,30,31)/t24-/m0/s1. The number of furan rings is 1. The Balaban J connectivity index is 1.61. The summed E-state index contributed by atoms with van der Waals surface area (Å²) >= 11 is 1.62. The van der Waals surface area contributed by atoms with Crippen molar-refractivity contribution < 1.29 is 13.6 Å². The largest absolute Gasteiger partial charge is 0.459 e. The van der Waals surface area contributed by atoms with Crippen molar-refractivity contribution in [1.82, 2.24) is 4.98 Å². The highest BCUT2D eigenvalue weighted by Gasteiger charge is 2.29. The van der Waals surface area contributed by atoms with Gasteiger partial charge in [0.1, 0.15) is 16.6 Å². The van der Waals surface area contributed by atoms with Gasteiger partial charge in [0.2, 0.25) is 0 Å². The highest BCUT2D eigenvalue weighted by atomic mass is 32.1. The predicted molar refractivity (Wildman–Crippen MR) is 128 cm³/mol. The molecule has 5 rings (SSSR count). The number of carbonyl (C=O) groups excluding carboxylic acids is 1. The van der Waals surface area contributed by atoms with E-state index in [0.717, 1.165) is 53.2 Å². The second kappa shape index (κ2) is 9.19. The van der Waals surface area contributed by atoms with Crippen molar-refractivity contribution in [3.63, 3.8) is 0 Å². The number of halogens is 1. The number of pyridine rings is 1. The summed E-state index contributed by atoms with van der Waals surface area (Å²) in [5, 5.41) is 7.42. The minimum absolute atomic E-state index is 0.263. The smallest absolute Gasteiger partial charge is 0.291 e. The molecule has 33 heavy (non-hydrogen) atoms. The third-order valence-electron chi connectivity index (χ3n) is 5.88. The summed E-state index contributed by atoms with van der Waals surface area (Å²) in [5.74, 6) is 0.415. The zero-order valence-corrected chi connectivity index (χ0v) is 19.0. The van der Waals surface area contributed by atoms with Gasteiger partial charge in [-0.25, -0.2) is 9.37 Å². The molecule has 1 aromatic carbocycles. The van der Waals surface area contributed by atoms with Gasteiger partial charge >= 0.3 is 0 Å². The molecule has 0 unspecified atom stereocenters. The number of aryl methyl sites for hydroxylation is 2. The summed E-state index contributed by atoms with van der Waals surface area (Å²) in [7, 11) is 0. The number of amides is 1. The average Bonchev–Trinajstić information content (AvgIpc) is 3.47. The SMILES string of the molecule is Cc1ccnc(N[C@@H](c2ccc(F)cc2)c2c(NC(=O)c3ccco3)sc3c2CCCC3)c1. The number of carbonyl (C=O) groups is 1. The van der Waals surface area contributed by atoms with Gasteiger partial charge in [0.15, 0.2) is 5.76 Å². The topological polar surface area (TPSA) is 67.2 Å². The lowest BCUT2D eigenvalue weighted by atomic mass is 9.89. The fourth-order valence-electron chi connectivity index (χ4n) is 4.30. The summed E-state index contributed by atoms with van der Waals surface area (Å²) < 4.78 is 19.1. The minimum atomic E-state index is -0.301. The first-order valence-electron chi connectivity index (χ1n) is 11.0. The predicted octanol–water partition coefficient (Wildman–Crippen LogP) is 6.52. The van der Waals surface area contributed by atoms with E-state index in [1.54, 1.807) is 41.8 Å². The molecule has 5 nitrogen and oxygen atoms in total. The lowest BCUT2D eigenvalue weighted by Crippen LogP contribution is -2.19. The fraction of sp³-hybridized carbons (Fsp3) is 0.231. The molecule has 1 amide bonds. The van der Waals surface area contributed by atoms with Crippen molar-refractivity contribution in [3.05, 3.63) is 99.7 Å². The van der Waals surface area contributed by atoms with Gasteiger partial charge in [0, 0.05) is 16.6 Å². The molecule has 7 heteroatoms. The van der Waals surface area contributed by atoms with Gasteiger partial charge in [-0.2, -0.15) is 0 Å². The van der Waals surface area contributed by atoms with Crippen molar-refractivity contribution in [2.45, 2.75) is 38.6 Å². The third-order valence-corrected chi connectivity index (χ3v) is 7.11. The van der Waals surface area contributed by atoms with E-state index in [9.17, 15) is 9.18 Å². The van der Waals surface area contributed by atoms with Crippen LogP contribution in [0, 0.1) is 12.7 Å². The van der Waals surface area contributed by atoms with Crippen LogP contribution in [0.25, 0.3) is 0 Å². The molecule has 1 aliphatic carbocycles. The number of thiophene rings is 1. The molecule has 0 fully saturated rings. The van der Waals surface area contributed by atoms with Gasteiger partial charge in [-0.1, -0.05) is 12.1 Å². The monoisotopic (exact) mass is 461 g/mol. The lowest BCUT2D eigenvalue weighted by molar-refractivity contribution is 0.0997. The van der Waals surface area contributed by atoms with Crippen LogP contribution in [0.2, 0.25) is 0 Å². The first-order valence-corrected chi connectivity index (χ1v) is 11.8.